The molecule has 1 aromatic carbocycles. The van der Waals surface area contributed by atoms with Crippen molar-refractivity contribution in [1.29, 1.82) is 0 Å². The number of aliphatic hydroxyl groups excluding tert-OH is 1. The number of hydrogen-bond acceptors (Lipinski definition) is 4. The monoisotopic (exact) mass is 279 g/mol. The van der Waals surface area contributed by atoms with Gasteiger partial charge in [0, 0.05) is 19.2 Å². The van der Waals surface area contributed by atoms with Crippen molar-refractivity contribution >= 4 is 5.91 Å². The molecule has 5 heteroatoms. The Morgan fingerprint density at radius 2 is 2.25 bits per heavy atom. The topological polar surface area (TPSA) is 59.0 Å². The van der Waals surface area contributed by atoms with Gasteiger partial charge in [-0.25, -0.2) is 0 Å². The van der Waals surface area contributed by atoms with Gasteiger partial charge in [-0.15, -0.1) is 0 Å². The molecule has 1 heterocycles. The van der Waals surface area contributed by atoms with Crippen LogP contribution in [0.15, 0.2) is 24.3 Å². The maximum absolute atomic E-state index is 12.7. The number of nitrogens with zero attached hydrogens (tertiary/aromatic N) is 1. The van der Waals surface area contributed by atoms with Crippen LogP contribution in [-0.4, -0.2) is 54.9 Å². The Hall–Kier alpha value is -1.43. The highest BCUT2D eigenvalue weighted by Gasteiger charge is 2.30. The first-order chi connectivity index (χ1) is 9.67. The number of carbonyl (C=O) groups is 1. The Balaban J connectivity index is 2.21. The molecule has 2 rings (SSSR count). The standard InChI is InChI=1S/C15H21NO4/c1-11-9-20-13(8-17)7-16(11)15(18)14-6-4-3-5-12(14)10-19-2/h3-6,11,13,17H,7-10H2,1-2H3. The number of ether oxygens (including phenoxy) is 2. The number of carbonyl (C=O) groups excluding carboxylic acids is 1. The third-order valence-corrected chi connectivity index (χ3v) is 3.52. The number of hydrogen-bond donors (Lipinski definition) is 1. The third kappa shape index (κ3) is 3.17. The average Bonchev–Trinajstić information content (AvgIpc) is 2.48. The highest BCUT2D eigenvalue weighted by Crippen LogP contribution is 2.18. The number of amides is 1. The molecule has 0 saturated carbocycles. The molecule has 110 valence electrons. The molecule has 1 aliphatic heterocycles. The molecule has 0 aliphatic carbocycles. The second-order valence-corrected chi connectivity index (χ2v) is 5.03. The highest BCUT2D eigenvalue weighted by atomic mass is 16.5. The van der Waals surface area contributed by atoms with E-state index in [0.717, 1.165) is 5.56 Å². The van der Waals surface area contributed by atoms with Crippen LogP contribution in [0.3, 0.4) is 0 Å². The third-order valence-electron chi connectivity index (χ3n) is 3.52. The lowest BCUT2D eigenvalue weighted by Crippen LogP contribution is -2.52. The van der Waals surface area contributed by atoms with Crippen molar-refractivity contribution in [2.24, 2.45) is 0 Å². The summed E-state index contributed by atoms with van der Waals surface area (Å²) in [5.41, 5.74) is 1.53. The van der Waals surface area contributed by atoms with Crippen LogP contribution in [0.1, 0.15) is 22.8 Å². The lowest BCUT2D eigenvalue weighted by Gasteiger charge is -2.37. The molecule has 1 aliphatic rings. The van der Waals surface area contributed by atoms with E-state index in [1.54, 1.807) is 12.0 Å². The Morgan fingerprint density at radius 3 is 2.95 bits per heavy atom. The number of aliphatic hydroxyl groups is 1. The largest absolute Gasteiger partial charge is 0.394 e. The fourth-order valence-electron chi connectivity index (χ4n) is 2.38. The molecular formula is C15H21NO4. The Labute approximate surface area is 119 Å². The van der Waals surface area contributed by atoms with Crippen molar-refractivity contribution in [3.05, 3.63) is 35.4 Å². The second-order valence-electron chi connectivity index (χ2n) is 5.03. The average molecular weight is 279 g/mol. The van der Waals surface area contributed by atoms with Crippen LogP contribution in [0.2, 0.25) is 0 Å². The summed E-state index contributed by atoms with van der Waals surface area (Å²) in [6.45, 7) is 3.14. The maximum Gasteiger partial charge on any atom is 0.254 e. The van der Waals surface area contributed by atoms with Crippen LogP contribution in [-0.2, 0) is 16.1 Å². The van der Waals surface area contributed by atoms with Gasteiger partial charge < -0.3 is 19.5 Å². The summed E-state index contributed by atoms with van der Waals surface area (Å²) >= 11 is 0. The number of morpholine rings is 1. The molecule has 5 nitrogen and oxygen atoms in total. The molecule has 1 aromatic rings. The summed E-state index contributed by atoms with van der Waals surface area (Å²) in [5, 5.41) is 9.20. The van der Waals surface area contributed by atoms with Crippen molar-refractivity contribution in [2.45, 2.75) is 25.7 Å². The first-order valence-corrected chi connectivity index (χ1v) is 6.77. The first kappa shape index (κ1) is 15.0. The Morgan fingerprint density at radius 1 is 1.50 bits per heavy atom. The SMILES string of the molecule is COCc1ccccc1C(=O)N1CC(CO)OCC1C. The van der Waals surface area contributed by atoms with Gasteiger partial charge in [0.25, 0.3) is 5.91 Å². The van der Waals surface area contributed by atoms with Gasteiger partial charge in [-0.1, -0.05) is 18.2 Å². The molecule has 1 fully saturated rings. The van der Waals surface area contributed by atoms with E-state index in [2.05, 4.69) is 0 Å². The van der Waals surface area contributed by atoms with Crippen molar-refractivity contribution < 1.29 is 19.4 Å². The molecular weight excluding hydrogens is 258 g/mol. The molecule has 2 atom stereocenters. The van der Waals surface area contributed by atoms with Gasteiger partial charge in [-0.3, -0.25) is 4.79 Å². The fourth-order valence-corrected chi connectivity index (χ4v) is 2.38. The molecule has 1 N–H and O–H groups in total. The summed E-state index contributed by atoms with van der Waals surface area (Å²) in [5.74, 6) is -0.0353. The molecule has 0 aromatic heterocycles. The zero-order valence-electron chi connectivity index (χ0n) is 11.9. The zero-order valence-corrected chi connectivity index (χ0v) is 11.9. The van der Waals surface area contributed by atoms with Crippen LogP contribution in [0.5, 0.6) is 0 Å². The van der Waals surface area contributed by atoms with E-state index in [9.17, 15) is 9.90 Å². The minimum Gasteiger partial charge on any atom is -0.394 e. The quantitative estimate of drug-likeness (QED) is 0.895. The van der Waals surface area contributed by atoms with Crippen LogP contribution >= 0.6 is 0 Å². The Bertz CT molecular complexity index is 463. The predicted molar refractivity (Wildman–Crippen MR) is 74.5 cm³/mol. The number of rotatable bonds is 4. The van der Waals surface area contributed by atoms with Crippen LogP contribution in [0, 0.1) is 0 Å². The first-order valence-electron chi connectivity index (χ1n) is 6.77. The molecule has 2 unspecified atom stereocenters. The van der Waals surface area contributed by atoms with Crippen LogP contribution in [0.25, 0.3) is 0 Å². The van der Waals surface area contributed by atoms with E-state index in [0.29, 0.717) is 25.3 Å². The van der Waals surface area contributed by atoms with E-state index < -0.39 is 0 Å². The fraction of sp³-hybridized carbons (Fsp3) is 0.533. The molecule has 0 spiro atoms. The highest BCUT2D eigenvalue weighted by molar-refractivity contribution is 5.96. The molecule has 0 bridgehead atoms. The Kier molecular flexibility index (Phi) is 5.11. The lowest BCUT2D eigenvalue weighted by atomic mass is 10.0. The van der Waals surface area contributed by atoms with Gasteiger partial charge in [0.2, 0.25) is 0 Å². The normalized spacial score (nSPS) is 22.9. The smallest absolute Gasteiger partial charge is 0.254 e. The van der Waals surface area contributed by atoms with Crippen molar-refractivity contribution in [1.82, 2.24) is 4.90 Å². The van der Waals surface area contributed by atoms with Crippen LogP contribution < -0.4 is 0 Å². The molecule has 1 saturated heterocycles. The van der Waals surface area contributed by atoms with Gasteiger partial charge in [0.05, 0.1) is 32.0 Å². The lowest BCUT2D eigenvalue weighted by molar-refractivity contribution is -0.0667. The minimum atomic E-state index is -0.301. The van der Waals surface area contributed by atoms with Gasteiger partial charge in [0.15, 0.2) is 0 Å². The summed E-state index contributed by atoms with van der Waals surface area (Å²) in [4.78, 5) is 14.5. The van der Waals surface area contributed by atoms with Crippen molar-refractivity contribution in [3.8, 4) is 0 Å². The van der Waals surface area contributed by atoms with E-state index in [4.69, 9.17) is 9.47 Å². The number of benzene rings is 1. The summed E-state index contributed by atoms with van der Waals surface area (Å²) in [6.07, 6.45) is -0.301. The van der Waals surface area contributed by atoms with Crippen LogP contribution in [0.4, 0.5) is 0 Å². The van der Waals surface area contributed by atoms with Gasteiger partial charge in [0.1, 0.15) is 0 Å². The number of methoxy groups -OCH3 is 1. The molecule has 1 amide bonds. The minimum absolute atomic E-state index is 0.000834. The summed E-state index contributed by atoms with van der Waals surface area (Å²) in [6, 6.07) is 7.45. The van der Waals surface area contributed by atoms with E-state index in [1.165, 1.54) is 0 Å². The van der Waals surface area contributed by atoms with E-state index >= 15 is 0 Å². The second kappa shape index (κ2) is 6.83. The van der Waals surface area contributed by atoms with Gasteiger partial charge in [-0.05, 0) is 18.6 Å². The van der Waals surface area contributed by atoms with Gasteiger partial charge in [-0.2, -0.15) is 0 Å². The predicted octanol–water partition coefficient (Wildman–Crippen LogP) is 1.05. The van der Waals surface area contributed by atoms with Gasteiger partial charge >= 0.3 is 0 Å². The maximum atomic E-state index is 12.7. The molecule has 0 radical (unpaired) electrons. The summed E-state index contributed by atoms with van der Waals surface area (Å²) in [7, 11) is 1.61. The van der Waals surface area contributed by atoms with Crippen molar-refractivity contribution in [2.75, 3.05) is 26.9 Å². The van der Waals surface area contributed by atoms with E-state index in [-0.39, 0.29) is 24.7 Å². The van der Waals surface area contributed by atoms with E-state index in [1.807, 2.05) is 31.2 Å². The van der Waals surface area contributed by atoms with Crippen molar-refractivity contribution in [3.63, 3.8) is 0 Å². The molecule has 20 heavy (non-hydrogen) atoms. The zero-order chi connectivity index (χ0) is 14.5. The summed E-state index contributed by atoms with van der Waals surface area (Å²) < 4.78 is 10.6.